The zero-order valence-electron chi connectivity index (χ0n) is 17.7. The second-order valence-corrected chi connectivity index (χ2v) is 9.89. The molecule has 7 nitrogen and oxygen atoms in total. The standard InChI is InChI=1S/C18H34F3N5O2S.HI/c1-3-22-17(23-8-13-25-9-4-15(2)5-10-25)24-14-16-6-11-26(12-7-16)29(27,28)18(19,20)21;/h15-16H,3-14H2,1-2H3,(H2,22,23,24);1H. The quantitative estimate of drug-likeness (QED) is 0.280. The highest BCUT2D eigenvalue weighted by atomic mass is 127. The number of nitrogens with one attached hydrogen (secondary N) is 2. The molecular weight excluding hydrogens is 534 g/mol. The number of hydrogen-bond acceptors (Lipinski definition) is 4. The normalized spacial score (nSPS) is 21.3. The Hall–Kier alpha value is -0.340. The van der Waals surface area contributed by atoms with Crippen molar-refractivity contribution in [3.8, 4) is 0 Å². The van der Waals surface area contributed by atoms with E-state index in [1.54, 1.807) is 0 Å². The van der Waals surface area contributed by atoms with E-state index < -0.39 is 15.5 Å². The molecular formula is C18H35F3IN5O2S. The van der Waals surface area contributed by atoms with Gasteiger partial charge in [-0.05, 0) is 57.5 Å². The van der Waals surface area contributed by atoms with E-state index in [2.05, 4.69) is 27.4 Å². The Labute approximate surface area is 195 Å². The molecule has 2 saturated heterocycles. The second-order valence-electron chi connectivity index (χ2n) is 7.96. The molecule has 12 heteroatoms. The molecule has 2 N–H and O–H groups in total. The van der Waals surface area contributed by atoms with Crippen LogP contribution in [0.25, 0.3) is 0 Å². The Morgan fingerprint density at radius 3 is 2.20 bits per heavy atom. The van der Waals surface area contributed by atoms with Crippen molar-refractivity contribution in [3.63, 3.8) is 0 Å². The molecule has 2 aliphatic heterocycles. The summed E-state index contributed by atoms with van der Waals surface area (Å²) in [6.45, 7) is 9.20. The van der Waals surface area contributed by atoms with Gasteiger partial charge in [0.05, 0.1) is 0 Å². The van der Waals surface area contributed by atoms with E-state index in [-0.39, 0.29) is 43.0 Å². The van der Waals surface area contributed by atoms with Gasteiger partial charge in [0.2, 0.25) is 0 Å². The first-order chi connectivity index (χ1) is 13.6. The van der Waals surface area contributed by atoms with Crippen LogP contribution in [0.3, 0.4) is 0 Å². The van der Waals surface area contributed by atoms with Gasteiger partial charge in [0, 0.05) is 39.3 Å². The summed E-state index contributed by atoms with van der Waals surface area (Å²) in [5, 5.41) is 6.50. The van der Waals surface area contributed by atoms with Gasteiger partial charge < -0.3 is 15.5 Å². The lowest BCUT2D eigenvalue weighted by Crippen LogP contribution is -2.45. The van der Waals surface area contributed by atoms with Crippen LogP contribution in [-0.4, -0.2) is 81.4 Å². The summed E-state index contributed by atoms with van der Waals surface area (Å²) in [6, 6.07) is 0. The molecule has 0 bridgehead atoms. The Balaban J connectivity index is 0.00000450. The van der Waals surface area contributed by atoms with Gasteiger partial charge in [-0.15, -0.1) is 24.0 Å². The molecule has 178 valence electrons. The molecule has 0 aromatic rings. The van der Waals surface area contributed by atoms with Crippen molar-refractivity contribution in [2.24, 2.45) is 16.8 Å². The number of sulfonamides is 1. The zero-order valence-corrected chi connectivity index (χ0v) is 20.9. The van der Waals surface area contributed by atoms with Crippen molar-refractivity contribution in [2.75, 3.05) is 52.4 Å². The summed E-state index contributed by atoms with van der Waals surface area (Å²) in [6.07, 6.45) is 3.22. The molecule has 0 atom stereocenters. The van der Waals surface area contributed by atoms with Gasteiger partial charge in [-0.2, -0.15) is 17.5 Å². The first-order valence-electron chi connectivity index (χ1n) is 10.4. The van der Waals surface area contributed by atoms with Crippen LogP contribution in [0.1, 0.15) is 39.5 Å². The highest BCUT2D eigenvalue weighted by molar-refractivity contribution is 14.0. The average Bonchev–Trinajstić information content (AvgIpc) is 2.67. The van der Waals surface area contributed by atoms with Gasteiger partial charge in [0.1, 0.15) is 0 Å². The Morgan fingerprint density at radius 1 is 1.07 bits per heavy atom. The molecule has 30 heavy (non-hydrogen) atoms. The third-order valence-corrected chi connectivity index (χ3v) is 7.28. The van der Waals surface area contributed by atoms with Gasteiger partial charge in [-0.25, -0.2) is 8.42 Å². The molecule has 2 rings (SSSR count). The monoisotopic (exact) mass is 569 g/mol. The van der Waals surface area contributed by atoms with Crippen LogP contribution in [-0.2, 0) is 10.0 Å². The minimum absolute atomic E-state index is 0. The molecule has 0 unspecified atom stereocenters. The summed E-state index contributed by atoms with van der Waals surface area (Å²) in [4.78, 5) is 6.99. The fourth-order valence-corrected chi connectivity index (χ4v) is 4.64. The largest absolute Gasteiger partial charge is 0.511 e. The maximum Gasteiger partial charge on any atom is 0.511 e. The number of halogens is 4. The van der Waals surface area contributed by atoms with E-state index in [0.29, 0.717) is 29.7 Å². The molecule has 0 amide bonds. The maximum absolute atomic E-state index is 12.7. The second kappa shape index (κ2) is 12.6. The number of nitrogens with zero attached hydrogens (tertiary/aromatic N) is 3. The number of guanidine groups is 1. The lowest BCUT2D eigenvalue weighted by atomic mass is 9.98. The van der Waals surface area contributed by atoms with Gasteiger partial charge in [-0.3, -0.25) is 4.99 Å². The van der Waals surface area contributed by atoms with Crippen molar-refractivity contribution in [1.82, 2.24) is 19.8 Å². The molecule has 0 spiro atoms. The Morgan fingerprint density at radius 2 is 1.67 bits per heavy atom. The first kappa shape index (κ1) is 27.7. The summed E-state index contributed by atoms with van der Waals surface area (Å²) in [5.41, 5.74) is -5.23. The predicted octanol–water partition coefficient (Wildman–Crippen LogP) is 2.45. The zero-order chi connectivity index (χ0) is 21.5. The van der Waals surface area contributed by atoms with Crippen LogP contribution < -0.4 is 10.6 Å². The SMILES string of the molecule is CCNC(=NCC1CCN(S(=O)(=O)C(F)(F)F)CC1)NCCN1CCC(C)CC1.I. The van der Waals surface area contributed by atoms with Crippen molar-refractivity contribution in [1.29, 1.82) is 0 Å². The summed E-state index contributed by atoms with van der Waals surface area (Å²) >= 11 is 0. The Kier molecular flexibility index (Phi) is 11.7. The molecule has 2 heterocycles. The third-order valence-electron chi connectivity index (χ3n) is 5.65. The van der Waals surface area contributed by atoms with Crippen molar-refractivity contribution in [2.45, 2.75) is 45.0 Å². The van der Waals surface area contributed by atoms with E-state index in [4.69, 9.17) is 0 Å². The van der Waals surface area contributed by atoms with E-state index in [1.807, 2.05) is 6.92 Å². The molecule has 0 radical (unpaired) electrons. The number of rotatable bonds is 7. The van der Waals surface area contributed by atoms with Crippen LogP contribution in [0, 0.1) is 11.8 Å². The summed E-state index contributed by atoms with van der Waals surface area (Å²) < 4.78 is 61.5. The van der Waals surface area contributed by atoms with E-state index in [1.165, 1.54) is 12.8 Å². The van der Waals surface area contributed by atoms with Crippen LogP contribution >= 0.6 is 24.0 Å². The van der Waals surface area contributed by atoms with Crippen LogP contribution in [0.15, 0.2) is 4.99 Å². The topological polar surface area (TPSA) is 77.0 Å². The number of piperidine rings is 2. The lowest BCUT2D eigenvalue weighted by Gasteiger charge is -2.31. The summed E-state index contributed by atoms with van der Waals surface area (Å²) in [7, 11) is -5.22. The van der Waals surface area contributed by atoms with Crippen molar-refractivity contribution in [3.05, 3.63) is 0 Å². The number of aliphatic imine (C=N–C) groups is 1. The molecule has 0 saturated carbocycles. The Bertz CT molecular complexity index is 632. The fraction of sp³-hybridized carbons (Fsp3) is 0.944. The number of alkyl halides is 3. The average molecular weight is 569 g/mol. The summed E-state index contributed by atoms with van der Waals surface area (Å²) in [5.74, 6) is 1.58. The number of likely N-dealkylation sites (tertiary alicyclic amines) is 1. The molecule has 0 aliphatic carbocycles. The van der Waals surface area contributed by atoms with E-state index in [9.17, 15) is 21.6 Å². The van der Waals surface area contributed by atoms with Gasteiger partial charge in [0.25, 0.3) is 0 Å². The van der Waals surface area contributed by atoms with E-state index in [0.717, 1.165) is 38.6 Å². The molecule has 0 aromatic heterocycles. The van der Waals surface area contributed by atoms with Crippen LogP contribution in [0.5, 0.6) is 0 Å². The van der Waals surface area contributed by atoms with Crippen LogP contribution in [0.2, 0.25) is 0 Å². The van der Waals surface area contributed by atoms with Gasteiger partial charge in [0.15, 0.2) is 5.96 Å². The van der Waals surface area contributed by atoms with Crippen LogP contribution in [0.4, 0.5) is 13.2 Å². The van der Waals surface area contributed by atoms with Crippen molar-refractivity contribution < 1.29 is 21.6 Å². The fourth-order valence-electron chi connectivity index (χ4n) is 3.66. The smallest absolute Gasteiger partial charge is 0.357 e. The predicted molar refractivity (Wildman–Crippen MR) is 124 cm³/mol. The van der Waals surface area contributed by atoms with Gasteiger partial charge in [-0.1, -0.05) is 6.92 Å². The van der Waals surface area contributed by atoms with Crippen molar-refractivity contribution >= 4 is 40.0 Å². The highest BCUT2D eigenvalue weighted by Gasteiger charge is 2.50. The minimum Gasteiger partial charge on any atom is -0.357 e. The van der Waals surface area contributed by atoms with E-state index >= 15 is 0 Å². The first-order valence-corrected chi connectivity index (χ1v) is 11.9. The molecule has 0 aromatic carbocycles. The molecule has 2 aliphatic rings. The third kappa shape index (κ3) is 8.30. The maximum atomic E-state index is 12.7. The lowest BCUT2D eigenvalue weighted by molar-refractivity contribution is -0.0496. The number of hydrogen-bond donors (Lipinski definition) is 2. The highest BCUT2D eigenvalue weighted by Crippen LogP contribution is 2.30. The molecule has 2 fully saturated rings. The van der Waals surface area contributed by atoms with Gasteiger partial charge >= 0.3 is 15.5 Å². The minimum atomic E-state index is -5.23.